The summed E-state index contributed by atoms with van der Waals surface area (Å²) in [6.07, 6.45) is -2.67. The predicted octanol–water partition coefficient (Wildman–Crippen LogP) is 5.06. The van der Waals surface area contributed by atoms with E-state index in [9.17, 15) is 23.3 Å². The number of nitrogens with zero attached hydrogens (tertiary/aromatic N) is 1. The normalized spacial score (nSPS) is 11.2. The van der Waals surface area contributed by atoms with Gasteiger partial charge in [-0.05, 0) is 30.2 Å². The van der Waals surface area contributed by atoms with Gasteiger partial charge in [-0.25, -0.2) is 0 Å². The van der Waals surface area contributed by atoms with Crippen molar-refractivity contribution >= 4 is 11.4 Å². The maximum atomic E-state index is 13.1. The molecule has 0 bridgehead atoms. The molecule has 0 unspecified atom stereocenters. The summed E-state index contributed by atoms with van der Waals surface area (Å²) in [6, 6.07) is 10.1. The van der Waals surface area contributed by atoms with E-state index in [2.05, 4.69) is 12.2 Å². The van der Waals surface area contributed by atoms with Crippen LogP contribution in [0, 0.1) is 10.1 Å². The van der Waals surface area contributed by atoms with Crippen LogP contribution in [0.3, 0.4) is 0 Å². The van der Waals surface area contributed by atoms with Crippen molar-refractivity contribution in [3.8, 4) is 5.75 Å². The third kappa shape index (κ3) is 5.37. The van der Waals surface area contributed by atoms with Crippen LogP contribution in [-0.2, 0) is 12.6 Å². The van der Waals surface area contributed by atoms with Gasteiger partial charge in [0.1, 0.15) is 12.4 Å². The molecular weight excluding hydrogens is 349 g/mol. The van der Waals surface area contributed by atoms with Gasteiger partial charge in [0.2, 0.25) is 0 Å². The zero-order valence-corrected chi connectivity index (χ0v) is 14.2. The van der Waals surface area contributed by atoms with Crippen LogP contribution in [0.5, 0.6) is 5.75 Å². The average Bonchev–Trinajstić information content (AvgIpc) is 2.59. The van der Waals surface area contributed by atoms with Gasteiger partial charge in [0.25, 0.3) is 5.69 Å². The lowest BCUT2D eigenvalue weighted by molar-refractivity contribution is -0.385. The number of rotatable bonds is 8. The number of hydrogen-bond acceptors (Lipinski definition) is 4. The van der Waals surface area contributed by atoms with Crippen molar-refractivity contribution in [2.24, 2.45) is 0 Å². The van der Waals surface area contributed by atoms with Crippen LogP contribution in [0.2, 0.25) is 0 Å². The Kier molecular flexibility index (Phi) is 6.43. The molecule has 0 heterocycles. The fourth-order valence-corrected chi connectivity index (χ4v) is 2.43. The van der Waals surface area contributed by atoms with E-state index >= 15 is 0 Å². The molecule has 26 heavy (non-hydrogen) atoms. The molecule has 0 aliphatic rings. The Labute approximate surface area is 148 Å². The quantitative estimate of drug-likeness (QED) is 0.402. The van der Waals surface area contributed by atoms with Gasteiger partial charge in [0.15, 0.2) is 0 Å². The van der Waals surface area contributed by atoms with Crippen LogP contribution in [0.15, 0.2) is 42.5 Å². The smallest absolute Gasteiger partial charge is 0.418 e. The summed E-state index contributed by atoms with van der Waals surface area (Å²) in [6.45, 7) is 2.36. The number of nitro benzene ring substituents is 1. The first-order valence-electron chi connectivity index (χ1n) is 8.12. The molecule has 0 saturated heterocycles. The van der Waals surface area contributed by atoms with Gasteiger partial charge < -0.3 is 10.1 Å². The lowest BCUT2D eigenvalue weighted by atomic mass is 10.1. The molecule has 0 atom stereocenters. The molecule has 0 saturated carbocycles. The predicted molar refractivity (Wildman–Crippen MR) is 92.5 cm³/mol. The van der Waals surface area contributed by atoms with Gasteiger partial charge in [-0.3, -0.25) is 10.1 Å². The number of ether oxygens (including phenoxy) is 1. The third-order valence-corrected chi connectivity index (χ3v) is 3.67. The summed E-state index contributed by atoms with van der Waals surface area (Å²) in [7, 11) is 0. The lowest BCUT2D eigenvalue weighted by Crippen LogP contribution is -2.16. The minimum atomic E-state index is -4.69. The molecule has 0 aliphatic carbocycles. The van der Waals surface area contributed by atoms with Crippen LogP contribution in [0.4, 0.5) is 24.5 Å². The molecule has 2 aromatic rings. The SMILES string of the molecule is CCCc1ccc(OCCNc2ccc([N+](=O)[O-])cc2C(F)(F)F)cc1. The van der Waals surface area contributed by atoms with E-state index in [0.717, 1.165) is 25.0 Å². The van der Waals surface area contributed by atoms with Gasteiger partial charge in [-0.2, -0.15) is 13.2 Å². The maximum Gasteiger partial charge on any atom is 0.418 e. The van der Waals surface area contributed by atoms with Crippen LogP contribution < -0.4 is 10.1 Å². The second-order valence-corrected chi connectivity index (χ2v) is 5.65. The topological polar surface area (TPSA) is 64.4 Å². The van der Waals surface area contributed by atoms with Gasteiger partial charge in [-0.15, -0.1) is 0 Å². The largest absolute Gasteiger partial charge is 0.492 e. The van der Waals surface area contributed by atoms with Crippen molar-refractivity contribution in [2.75, 3.05) is 18.5 Å². The van der Waals surface area contributed by atoms with E-state index in [1.54, 1.807) is 0 Å². The fraction of sp³-hybridized carbons (Fsp3) is 0.333. The Balaban J connectivity index is 1.95. The highest BCUT2D eigenvalue weighted by Gasteiger charge is 2.35. The fourth-order valence-electron chi connectivity index (χ4n) is 2.43. The Bertz CT molecular complexity index is 746. The monoisotopic (exact) mass is 368 g/mol. The Hall–Kier alpha value is -2.77. The first kappa shape index (κ1) is 19.6. The number of alkyl halides is 3. The number of nitro groups is 1. The highest BCUT2D eigenvalue weighted by atomic mass is 19.4. The third-order valence-electron chi connectivity index (χ3n) is 3.67. The molecule has 0 aliphatic heterocycles. The molecule has 2 aromatic carbocycles. The van der Waals surface area contributed by atoms with Crippen molar-refractivity contribution in [3.63, 3.8) is 0 Å². The first-order chi connectivity index (χ1) is 12.3. The van der Waals surface area contributed by atoms with Gasteiger partial charge in [-0.1, -0.05) is 25.5 Å². The molecule has 0 spiro atoms. The van der Waals surface area contributed by atoms with Crippen LogP contribution in [0.25, 0.3) is 0 Å². The summed E-state index contributed by atoms with van der Waals surface area (Å²) < 4.78 is 44.7. The molecule has 140 valence electrons. The number of hydrogen-bond donors (Lipinski definition) is 1. The average molecular weight is 368 g/mol. The van der Waals surface area contributed by atoms with Crippen molar-refractivity contribution in [1.82, 2.24) is 0 Å². The summed E-state index contributed by atoms with van der Waals surface area (Å²) in [5.41, 5.74) is -0.703. The Morgan fingerprint density at radius 1 is 1.15 bits per heavy atom. The van der Waals surface area contributed by atoms with Crippen LogP contribution in [-0.4, -0.2) is 18.1 Å². The van der Waals surface area contributed by atoms with Crippen molar-refractivity contribution < 1.29 is 22.8 Å². The molecule has 8 heteroatoms. The second kappa shape index (κ2) is 8.55. The summed E-state index contributed by atoms with van der Waals surface area (Å²) >= 11 is 0. The lowest BCUT2D eigenvalue weighted by Gasteiger charge is -2.14. The molecule has 5 nitrogen and oxygen atoms in total. The first-order valence-corrected chi connectivity index (χ1v) is 8.12. The number of aryl methyl sites for hydroxylation is 1. The molecule has 0 radical (unpaired) electrons. The minimum Gasteiger partial charge on any atom is -0.492 e. The summed E-state index contributed by atoms with van der Waals surface area (Å²) in [5.74, 6) is 0.631. The highest BCUT2D eigenvalue weighted by molar-refractivity contribution is 5.57. The molecular formula is C18H19F3N2O3. The van der Waals surface area contributed by atoms with Crippen LogP contribution in [0.1, 0.15) is 24.5 Å². The Morgan fingerprint density at radius 2 is 1.85 bits per heavy atom. The second-order valence-electron chi connectivity index (χ2n) is 5.65. The number of nitrogens with one attached hydrogen (secondary N) is 1. The molecule has 1 N–H and O–H groups in total. The van der Waals surface area contributed by atoms with Gasteiger partial charge >= 0.3 is 6.18 Å². The van der Waals surface area contributed by atoms with Crippen LogP contribution >= 0.6 is 0 Å². The molecule has 2 rings (SSSR count). The highest BCUT2D eigenvalue weighted by Crippen LogP contribution is 2.36. The molecule has 0 amide bonds. The Morgan fingerprint density at radius 3 is 2.42 bits per heavy atom. The molecule has 0 fully saturated rings. The molecule has 0 aromatic heterocycles. The van der Waals surface area contributed by atoms with Crippen molar-refractivity contribution in [3.05, 3.63) is 63.7 Å². The van der Waals surface area contributed by atoms with Gasteiger partial charge in [0, 0.05) is 24.4 Å². The van der Waals surface area contributed by atoms with E-state index < -0.39 is 22.4 Å². The van der Waals surface area contributed by atoms with Crippen molar-refractivity contribution in [2.45, 2.75) is 25.9 Å². The van der Waals surface area contributed by atoms with E-state index in [0.29, 0.717) is 11.8 Å². The van der Waals surface area contributed by atoms with E-state index in [1.165, 1.54) is 5.56 Å². The maximum absolute atomic E-state index is 13.1. The number of anilines is 1. The minimum absolute atomic E-state index is 0.123. The summed E-state index contributed by atoms with van der Waals surface area (Å²) in [5, 5.41) is 13.3. The number of non-ortho nitro benzene ring substituents is 1. The zero-order chi connectivity index (χ0) is 19.2. The van der Waals surface area contributed by atoms with E-state index in [-0.39, 0.29) is 18.8 Å². The zero-order valence-electron chi connectivity index (χ0n) is 14.2. The van der Waals surface area contributed by atoms with Gasteiger partial charge in [0.05, 0.1) is 10.5 Å². The standard InChI is InChI=1S/C18H19F3N2O3/c1-2-3-13-4-7-15(8-5-13)26-11-10-22-17-9-6-14(23(24)25)12-16(17)18(19,20)21/h4-9,12,22H,2-3,10-11H2,1H3. The summed E-state index contributed by atoms with van der Waals surface area (Å²) in [4.78, 5) is 9.81. The van der Waals surface area contributed by atoms with Crippen molar-refractivity contribution in [1.29, 1.82) is 0 Å². The number of benzene rings is 2. The van der Waals surface area contributed by atoms with E-state index in [4.69, 9.17) is 4.74 Å². The number of halogens is 3. The van der Waals surface area contributed by atoms with E-state index in [1.807, 2.05) is 24.3 Å².